The Bertz CT molecular complexity index is 575. The molecule has 0 spiro atoms. The lowest BCUT2D eigenvalue weighted by atomic mass is 10.1. The van der Waals surface area contributed by atoms with Crippen LogP contribution in [0.2, 0.25) is 0 Å². The SMILES string of the molecule is OC(CSc1ccc(F)cc1)Cc1cccc(F)c1Br. The van der Waals surface area contributed by atoms with Gasteiger partial charge in [-0.25, -0.2) is 8.78 Å². The molecule has 0 saturated carbocycles. The number of halogens is 3. The zero-order valence-electron chi connectivity index (χ0n) is 10.5. The first-order valence-electron chi connectivity index (χ1n) is 6.05. The number of hydrogen-bond donors (Lipinski definition) is 1. The van der Waals surface area contributed by atoms with Crippen LogP contribution in [-0.2, 0) is 6.42 Å². The Morgan fingerprint density at radius 3 is 2.50 bits per heavy atom. The lowest BCUT2D eigenvalue weighted by Gasteiger charge is -2.12. The summed E-state index contributed by atoms with van der Waals surface area (Å²) >= 11 is 4.62. The van der Waals surface area contributed by atoms with E-state index in [9.17, 15) is 13.9 Å². The normalized spacial score (nSPS) is 12.4. The van der Waals surface area contributed by atoms with Gasteiger partial charge >= 0.3 is 0 Å². The maximum Gasteiger partial charge on any atom is 0.137 e. The summed E-state index contributed by atoms with van der Waals surface area (Å²) in [6, 6.07) is 10.9. The Morgan fingerprint density at radius 2 is 1.80 bits per heavy atom. The molecule has 2 rings (SSSR count). The number of benzene rings is 2. The summed E-state index contributed by atoms with van der Waals surface area (Å²) in [4.78, 5) is 0.892. The smallest absolute Gasteiger partial charge is 0.137 e. The molecule has 5 heteroatoms. The maximum absolute atomic E-state index is 13.3. The van der Waals surface area contributed by atoms with Gasteiger partial charge in [0.15, 0.2) is 0 Å². The Balaban J connectivity index is 1.91. The van der Waals surface area contributed by atoms with Gasteiger partial charge in [0.2, 0.25) is 0 Å². The van der Waals surface area contributed by atoms with Gasteiger partial charge in [-0.15, -0.1) is 11.8 Å². The Labute approximate surface area is 129 Å². The standard InChI is InChI=1S/C15H13BrF2OS/c16-15-10(2-1-3-14(15)18)8-12(19)9-20-13-6-4-11(17)5-7-13/h1-7,12,19H,8-9H2. The van der Waals surface area contributed by atoms with Crippen molar-refractivity contribution >= 4 is 27.7 Å². The summed E-state index contributed by atoms with van der Waals surface area (Å²) in [7, 11) is 0. The quantitative estimate of drug-likeness (QED) is 0.798. The third-order valence-corrected chi connectivity index (χ3v) is 4.79. The van der Waals surface area contributed by atoms with Gasteiger partial charge in [-0.1, -0.05) is 12.1 Å². The van der Waals surface area contributed by atoms with Crippen LogP contribution in [0.15, 0.2) is 51.8 Å². The van der Waals surface area contributed by atoms with Crippen molar-refractivity contribution in [1.29, 1.82) is 0 Å². The van der Waals surface area contributed by atoms with Crippen molar-refractivity contribution in [3.63, 3.8) is 0 Å². The van der Waals surface area contributed by atoms with Crippen LogP contribution in [0, 0.1) is 11.6 Å². The minimum atomic E-state index is -0.594. The van der Waals surface area contributed by atoms with E-state index in [1.807, 2.05) is 0 Å². The molecular formula is C15H13BrF2OS. The van der Waals surface area contributed by atoms with Crippen LogP contribution in [0.1, 0.15) is 5.56 Å². The summed E-state index contributed by atoms with van der Waals surface area (Å²) in [6.45, 7) is 0. The van der Waals surface area contributed by atoms with Crippen molar-refractivity contribution in [3.8, 4) is 0 Å². The molecule has 1 N–H and O–H groups in total. The van der Waals surface area contributed by atoms with Crippen molar-refractivity contribution in [1.82, 2.24) is 0 Å². The first-order valence-corrected chi connectivity index (χ1v) is 7.83. The van der Waals surface area contributed by atoms with Gasteiger partial charge in [0.1, 0.15) is 11.6 Å². The van der Waals surface area contributed by atoms with Crippen LogP contribution in [0.3, 0.4) is 0 Å². The van der Waals surface area contributed by atoms with E-state index in [2.05, 4.69) is 15.9 Å². The molecule has 0 amide bonds. The van der Waals surface area contributed by atoms with Crippen LogP contribution >= 0.6 is 27.7 Å². The van der Waals surface area contributed by atoms with Gasteiger partial charge < -0.3 is 5.11 Å². The minimum absolute atomic E-state index is 0.279. The summed E-state index contributed by atoms with van der Waals surface area (Å²) < 4.78 is 26.5. The maximum atomic E-state index is 13.3. The van der Waals surface area contributed by atoms with Crippen molar-refractivity contribution < 1.29 is 13.9 Å². The predicted molar refractivity (Wildman–Crippen MR) is 80.9 cm³/mol. The predicted octanol–water partition coefficient (Wildman–Crippen LogP) is 4.42. The molecule has 2 aromatic carbocycles. The van der Waals surface area contributed by atoms with E-state index in [-0.39, 0.29) is 11.6 Å². The molecule has 1 nitrogen and oxygen atoms in total. The minimum Gasteiger partial charge on any atom is -0.392 e. The highest BCUT2D eigenvalue weighted by Crippen LogP contribution is 2.24. The van der Waals surface area contributed by atoms with E-state index < -0.39 is 6.10 Å². The molecule has 0 heterocycles. The van der Waals surface area contributed by atoms with Crippen LogP contribution in [0.5, 0.6) is 0 Å². The molecule has 106 valence electrons. The second-order valence-corrected chi connectivity index (χ2v) is 6.22. The third kappa shape index (κ3) is 4.30. The Hall–Kier alpha value is -0.910. The number of hydrogen-bond acceptors (Lipinski definition) is 2. The molecule has 0 aliphatic carbocycles. The monoisotopic (exact) mass is 358 g/mol. The average Bonchev–Trinajstić information content (AvgIpc) is 2.43. The lowest BCUT2D eigenvalue weighted by Crippen LogP contribution is -2.14. The van der Waals surface area contributed by atoms with E-state index in [1.165, 1.54) is 30.0 Å². The Kier molecular flexibility index (Phi) is 5.57. The molecule has 0 aliphatic heterocycles. The Morgan fingerprint density at radius 1 is 1.10 bits per heavy atom. The summed E-state index contributed by atoms with van der Waals surface area (Å²) in [5.41, 5.74) is 0.734. The molecule has 0 bridgehead atoms. The largest absolute Gasteiger partial charge is 0.392 e. The second kappa shape index (κ2) is 7.20. The molecule has 20 heavy (non-hydrogen) atoms. The van der Waals surface area contributed by atoms with Gasteiger partial charge in [-0.3, -0.25) is 0 Å². The molecule has 1 unspecified atom stereocenters. The van der Waals surface area contributed by atoms with Crippen molar-refractivity contribution in [2.24, 2.45) is 0 Å². The van der Waals surface area contributed by atoms with Gasteiger partial charge in [-0.05, 0) is 51.8 Å². The summed E-state index contributed by atoms with van der Waals surface area (Å²) in [6.07, 6.45) is -0.227. The number of aliphatic hydroxyl groups excluding tert-OH is 1. The molecule has 2 aromatic rings. The number of aliphatic hydroxyl groups is 1. The topological polar surface area (TPSA) is 20.2 Å². The number of rotatable bonds is 5. The third-order valence-electron chi connectivity index (χ3n) is 2.74. The van der Waals surface area contributed by atoms with E-state index in [0.29, 0.717) is 16.6 Å². The molecular weight excluding hydrogens is 346 g/mol. The first-order chi connectivity index (χ1) is 9.56. The van der Waals surface area contributed by atoms with Gasteiger partial charge in [-0.2, -0.15) is 0 Å². The number of thioether (sulfide) groups is 1. The van der Waals surface area contributed by atoms with Gasteiger partial charge in [0.25, 0.3) is 0 Å². The molecule has 0 aliphatic rings. The molecule has 0 fully saturated rings. The average molecular weight is 359 g/mol. The zero-order chi connectivity index (χ0) is 14.5. The fourth-order valence-corrected chi connectivity index (χ4v) is 3.00. The highest BCUT2D eigenvalue weighted by atomic mass is 79.9. The molecule has 0 aromatic heterocycles. The van der Waals surface area contributed by atoms with Gasteiger partial charge in [0.05, 0.1) is 10.6 Å². The highest BCUT2D eigenvalue weighted by molar-refractivity contribution is 9.10. The van der Waals surface area contributed by atoms with E-state index in [0.717, 1.165) is 10.5 Å². The molecule has 0 saturated heterocycles. The van der Waals surface area contributed by atoms with Crippen LogP contribution < -0.4 is 0 Å². The molecule has 1 atom stereocenters. The fraction of sp³-hybridized carbons (Fsp3) is 0.200. The van der Waals surface area contributed by atoms with Crippen molar-refractivity contribution in [2.45, 2.75) is 17.4 Å². The van der Waals surface area contributed by atoms with Crippen LogP contribution in [0.25, 0.3) is 0 Å². The van der Waals surface area contributed by atoms with Crippen LogP contribution in [-0.4, -0.2) is 17.0 Å². The van der Waals surface area contributed by atoms with E-state index in [1.54, 1.807) is 24.3 Å². The fourth-order valence-electron chi connectivity index (χ4n) is 1.74. The first kappa shape index (κ1) is 15.5. The lowest BCUT2D eigenvalue weighted by molar-refractivity contribution is 0.200. The van der Waals surface area contributed by atoms with Gasteiger partial charge in [0, 0.05) is 17.1 Å². The highest BCUT2D eigenvalue weighted by Gasteiger charge is 2.11. The second-order valence-electron chi connectivity index (χ2n) is 4.34. The van der Waals surface area contributed by atoms with E-state index >= 15 is 0 Å². The van der Waals surface area contributed by atoms with Crippen molar-refractivity contribution in [2.75, 3.05) is 5.75 Å². The van der Waals surface area contributed by atoms with Crippen LogP contribution in [0.4, 0.5) is 8.78 Å². The summed E-state index contributed by atoms with van der Waals surface area (Å²) in [5, 5.41) is 10.00. The zero-order valence-corrected chi connectivity index (χ0v) is 12.9. The summed E-state index contributed by atoms with van der Waals surface area (Å²) in [5.74, 6) is -0.145. The molecule has 0 radical (unpaired) electrons. The van der Waals surface area contributed by atoms with E-state index in [4.69, 9.17) is 0 Å². The van der Waals surface area contributed by atoms with Crippen molar-refractivity contribution in [3.05, 3.63) is 64.1 Å².